The van der Waals surface area contributed by atoms with Crippen LogP contribution >= 0.6 is 0 Å². The predicted octanol–water partition coefficient (Wildman–Crippen LogP) is 3.17. The van der Waals surface area contributed by atoms with Crippen molar-refractivity contribution in [1.82, 2.24) is 19.6 Å². The lowest BCUT2D eigenvalue weighted by atomic mass is 9.85. The maximum absolute atomic E-state index is 13.5. The van der Waals surface area contributed by atoms with Crippen LogP contribution in [0.3, 0.4) is 0 Å². The predicted molar refractivity (Wildman–Crippen MR) is 98.7 cm³/mol. The van der Waals surface area contributed by atoms with Crippen molar-refractivity contribution in [1.29, 1.82) is 0 Å². The Balaban J connectivity index is 1.57. The first kappa shape index (κ1) is 17.1. The highest BCUT2D eigenvalue weighted by molar-refractivity contribution is 5.95. The van der Waals surface area contributed by atoms with E-state index in [2.05, 4.69) is 16.8 Å². The van der Waals surface area contributed by atoms with E-state index in [1.54, 1.807) is 0 Å². The van der Waals surface area contributed by atoms with E-state index in [-0.39, 0.29) is 5.91 Å². The minimum atomic E-state index is 0.233. The van der Waals surface area contributed by atoms with Gasteiger partial charge in [-0.3, -0.25) is 9.48 Å². The van der Waals surface area contributed by atoms with E-state index in [1.165, 1.54) is 51.5 Å². The summed E-state index contributed by atoms with van der Waals surface area (Å²) in [6.07, 6.45) is 13.0. The summed E-state index contributed by atoms with van der Waals surface area (Å²) in [4.78, 5) is 18.1. The largest absolute Gasteiger partial charge is 0.334 e. The van der Waals surface area contributed by atoms with Crippen LogP contribution < -0.4 is 0 Å². The standard InChI is InChI=1S/C20H32N4O/c1-22-12-6-10-17(22)18-11-7-13-24(18)20(25)16-14-23(2)21-19(16)15-8-4-3-5-9-15/h14-15,17-18H,3-13H2,1-2H3/t17-,18-/m0/s1. The second-order valence-electron chi connectivity index (χ2n) is 8.33. The molecular formula is C20H32N4O. The smallest absolute Gasteiger partial charge is 0.257 e. The van der Waals surface area contributed by atoms with Gasteiger partial charge >= 0.3 is 0 Å². The molecule has 3 aliphatic rings. The van der Waals surface area contributed by atoms with Gasteiger partial charge in [0.2, 0.25) is 0 Å². The van der Waals surface area contributed by atoms with Gasteiger partial charge in [0.15, 0.2) is 0 Å². The highest BCUT2D eigenvalue weighted by Gasteiger charge is 2.40. The van der Waals surface area contributed by atoms with Crippen LogP contribution in [0.4, 0.5) is 0 Å². The molecule has 3 fully saturated rings. The third-order valence-electron chi connectivity index (χ3n) is 6.66. The summed E-state index contributed by atoms with van der Waals surface area (Å²) < 4.78 is 1.85. The van der Waals surface area contributed by atoms with E-state index in [0.29, 0.717) is 18.0 Å². The fourth-order valence-electron chi connectivity index (χ4n) is 5.37. The zero-order valence-electron chi connectivity index (χ0n) is 15.8. The zero-order valence-corrected chi connectivity index (χ0v) is 15.8. The molecule has 2 saturated heterocycles. The number of carbonyl (C=O) groups is 1. The molecule has 0 aromatic carbocycles. The summed E-state index contributed by atoms with van der Waals surface area (Å²) in [6.45, 7) is 2.08. The molecule has 3 heterocycles. The third kappa shape index (κ3) is 3.23. The molecule has 1 aromatic rings. The number of nitrogens with zero attached hydrogens (tertiary/aromatic N) is 4. The average Bonchev–Trinajstić information content (AvgIpc) is 3.34. The van der Waals surface area contributed by atoms with Gasteiger partial charge in [-0.15, -0.1) is 0 Å². The fraction of sp³-hybridized carbons (Fsp3) is 0.800. The van der Waals surface area contributed by atoms with Gasteiger partial charge in [-0.25, -0.2) is 0 Å². The molecule has 0 N–H and O–H groups in total. The van der Waals surface area contributed by atoms with Gasteiger partial charge in [0.25, 0.3) is 5.91 Å². The number of hydrogen-bond donors (Lipinski definition) is 0. The van der Waals surface area contributed by atoms with Crippen LogP contribution in [0.25, 0.3) is 0 Å². The Morgan fingerprint density at radius 2 is 1.68 bits per heavy atom. The second kappa shape index (κ2) is 7.10. The van der Waals surface area contributed by atoms with E-state index < -0.39 is 0 Å². The fourth-order valence-corrected chi connectivity index (χ4v) is 5.37. The van der Waals surface area contributed by atoms with Gasteiger partial charge in [0.1, 0.15) is 0 Å². The molecule has 0 unspecified atom stereocenters. The molecule has 0 spiro atoms. The van der Waals surface area contributed by atoms with Crippen molar-refractivity contribution in [3.05, 3.63) is 17.5 Å². The Hall–Kier alpha value is -1.36. The lowest BCUT2D eigenvalue weighted by Crippen LogP contribution is -2.47. The van der Waals surface area contributed by atoms with E-state index in [0.717, 1.165) is 30.6 Å². The topological polar surface area (TPSA) is 41.4 Å². The average molecular weight is 345 g/mol. The lowest BCUT2D eigenvalue weighted by Gasteiger charge is -2.33. The summed E-state index contributed by atoms with van der Waals surface area (Å²) in [6, 6.07) is 0.931. The molecule has 2 atom stereocenters. The zero-order chi connectivity index (χ0) is 17.4. The Morgan fingerprint density at radius 3 is 2.40 bits per heavy atom. The van der Waals surface area contributed by atoms with Gasteiger partial charge in [-0.2, -0.15) is 5.10 Å². The van der Waals surface area contributed by atoms with Crippen molar-refractivity contribution in [2.45, 2.75) is 75.8 Å². The van der Waals surface area contributed by atoms with E-state index in [9.17, 15) is 4.79 Å². The van der Waals surface area contributed by atoms with Crippen molar-refractivity contribution in [2.24, 2.45) is 7.05 Å². The molecule has 1 amide bonds. The number of aryl methyl sites for hydroxylation is 1. The first-order valence-electron chi connectivity index (χ1n) is 10.2. The van der Waals surface area contributed by atoms with Crippen molar-refractivity contribution in [3.8, 4) is 0 Å². The monoisotopic (exact) mass is 344 g/mol. The summed E-state index contributed by atoms with van der Waals surface area (Å²) in [5.74, 6) is 0.709. The SMILES string of the molecule is CN1CCC[C@H]1[C@@H]1CCCN1C(=O)c1cn(C)nc1C1CCCCC1. The summed E-state index contributed by atoms with van der Waals surface area (Å²) >= 11 is 0. The number of amides is 1. The molecule has 0 radical (unpaired) electrons. The number of likely N-dealkylation sites (N-methyl/N-ethyl adjacent to an activating group) is 1. The first-order chi connectivity index (χ1) is 12.1. The molecule has 1 saturated carbocycles. The lowest BCUT2D eigenvalue weighted by molar-refractivity contribution is 0.0662. The normalized spacial score (nSPS) is 28.8. The summed E-state index contributed by atoms with van der Waals surface area (Å²) in [5.41, 5.74) is 1.94. The number of hydrogen-bond acceptors (Lipinski definition) is 3. The van der Waals surface area contributed by atoms with Crippen molar-refractivity contribution < 1.29 is 4.79 Å². The number of aromatic nitrogens is 2. The first-order valence-corrected chi connectivity index (χ1v) is 10.2. The van der Waals surface area contributed by atoms with Gasteiger partial charge in [-0.1, -0.05) is 19.3 Å². The highest BCUT2D eigenvalue weighted by Crippen LogP contribution is 2.35. The van der Waals surface area contributed by atoms with Crippen molar-refractivity contribution in [3.63, 3.8) is 0 Å². The van der Waals surface area contributed by atoms with Gasteiger partial charge in [-0.05, 0) is 52.1 Å². The van der Waals surface area contributed by atoms with Crippen molar-refractivity contribution in [2.75, 3.05) is 20.1 Å². The molecule has 5 nitrogen and oxygen atoms in total. The molecular weight excluding hydrogens is 312 g/mol. The van der Waals surface area contributed by atoms with Crippen LogP contribution in [-0.2, 0) is 7.05 Å². The van der Waals surface area contributed by atoms with Crippen LogP contribution in [-0.4, -0.2) is 57.7 Å². The highest BCUT2D eigenvalue weighted by atomic mass is 16.2. The Labute approximate surface area is 151 Å². The van der Waals surface area contributed by atoms with Gasteiger partial charge in [0.05, 0.1) is 11.3 Å². The molecule has 25 heavy (non-hydrogen) atoms. The Kier molecular flexibility index (Phi) is 4.85. The Bertz CT molecular complexity index is 619. The second-order valence-corrected chi connectivity index (χ2v) is 8.33. The number of rotatable bonds is 3. The van der Waals surface area contributed by atoms with Crippen LogP contribution in [0.1, 0.15) is 79.8 Å². The minimum absolute atomic E-state index is 0.233. The minimum Gasteiger partial charge on any atom is -0.334 e. The summed E-state index contributed by atoms with van der Waals surface area (Å²) in [5, 5.41) is 4.72. The maximum Gasteiger partial charge on any atom is 0.257 e. The molecule has 5 heteroatoms. The molecule has 2 aliphatic heterocycles. The van der Waals surface area contributed by atoms with Crippen LogP contribution in [0, 0.1) is 0 Å². The number of carbonyl (C=O) groups excluding carboxylic acids is 1. The quantitative estimate of drug-likeness (QED) is 0.846. The van der Waals surface area contributed by atoms with Crippen LogP contribution in [0.15, 0.2) is 6.20 Å². The van der Waals surface area contributed by atoms with Crippen LogP contribution in [0.5, 0.6) is 0 Å². The van der Waals surface area contributed by atoms with Gasteiger partial charge in [0, 0.05) is 37.8 Å². The van der Waals surface area contributed by atoms with E-state index in [1.807, 2.05) is 17.9 Å². The summed E-state index contributed by atoms with van der Waals surface area (Å²) in [7, 11) is 4.17. The Morgan fingerprint density at radius 1 is 0.960 bits per heavy atom. The van der Waals surface area contributed by atoms with Gasteiger partial charge < -0.3 is 9.80 Å². The van der Waals surface area contributed by atoms with Crippen molar-refractivity contribution >= 4 is 5.91 Å². The molecule has 4 rings (SSSR count). The third-order valence-corrected chi connectivity index (χ3v) is 6.66. The van der Waals surface area contributed by atoms with E-state index >= 15 is 0 Å². The molecule has 0 bridgehead atoms. The molecule has 1 aliphatic carbocycles. The molecule has 1 aromatic heterocycles. The maximum atomic E-state index is 13.5. The molecule has 138 valence electrons. The van der Waals surface area contributed by atoms with Crippen LogP contribution in [0.2, 0.25) is 0 Å². The number of likely N-dealkylation sites (tertiary alicyclic amines) is 2. The van der Waals surface area contributed by atoms with E-state index in [4.69, 9.17) is 5.10 Å².